The van der Waals surface area contributed by atoms with Gasteiger partial charge in [0.15, 0.2) is 0 Å². The zero-order valence-electron chi connectivity index (χ0n) is 28.7. The van der Waals surface area contributed by atoms with Crippen LogP contribution in [0.15, 0.2) is 164 Å². The number of aromatic nitrogens is 1. The van der Waals surface area contributed by atoms with E-state index in [1.807, 2.05) is 13.8 Å². The van der Waals surface area contributed by atoms with Crippen molar-refractivity contribution < 1.29 is 0 Å². The second-order valence-corrected chi connectivity index (χ2v) is 13.3. The van der Waals surface area contributed by atoms with Crippen LogP contribution >= 0.6 is 0 Å². The molecule has 10 rings (SSSR count). The fourth-order valence-corrected chi connectivity index (χ4v) is 8.54. The molecule has 0 N–H and O–H groups in total. The molecular weight excluding hydrogens is 607 g/mol. The molecule has 50 heavy (non-hydrogen) atoms. The summed E-state index contributed by atoms with van der Waals surface area (Å²) in [5.41, 5.74) is 14.0. The van der Waals surface area contributed by atoms with Crippen LogP contribution in [0.2, 0.25) is 0 Å². The number of fused-ring (bicyclic) bond motifs is 10. The Morgan fingerprint density at radius 2 is 1.18 bits per heavy atom. The predicted molar refractivity (Wildman–Crippen MR) is 212 cm³/mol. The van der Waals surface area contributed by atoms with Crippen LogP contribution in [0.5, 0.6) is 0 Å². The molecule has 3 heteroatoms. The van der Waals surface area contributed by atoms with Crippen molar-refractivity contribution in [3.63, 3.8) is 0 Å². The van der Waals surface area contributed by atoms with Crippen molar-refractivity contribution in [2.75, 3.05) is 9.80 Å². The minimum atomic E-state index is 0.349. The number of anilines is 4. The lowest BCUT2D eigenvalue weighted by molar-refractivity contribution is 0.542. The summed E-state index contributed by atoms with van der Waals surface area (Å²) in [7, 11) is 0. The molecule has 7 aromatic rings. The first-order valence-electron chi connectivity index (χ1n) is 18.1. The monoisotopic (exact) mass is 647 g/mol. The third kappa shape index (κ3) is 4.88. The van der Waals surface area contributed by atoms with E-state index in [-0.39, 0.29) is 0 Å². The molecule has 0 saturated carbocycles. The van der Waals surface area contributed by atoms with Crippen LogP contribution in [0.4, 0.5) is 22.7 Å². The van der Waals surface area contributed by atoms with Gasteiger partial charge in [-0.25, -0.2) is 0 Å². The van der Waals surface area contributed by atoms with E-state index < -0.39 is 0 Å². The van der Waals surface area contributed by atoms with Crippen molar-refractivity contribution in [3.8, 4) is 16.8 Å². The third-order valence-corrected chi connectivity index (χ3v) is 10.6. The van der Waals surface area contributed by atoms with Crippen LogP contribution in [-0.2, 0) is 6.54 Å². The Labute approximate surface area is 295 Å². The summed E-state index contributed by atoms with van der Waals surface area (Å²) in [6, 6.07) is 52.1. The van der Waals surface area contributed by atoms with Crippen LogP contribution in [0.25, 0.3) is 38.6 Å². The molecule has 1 aromatic heterocycles. The number of allylic oxidation sites excluding steroid dienone is 3. The lowest BCUT2D eigenvalue weighted by Gasteiger charge is -2.42. The average molecular weight is 648 g/mol. The Kier molecular flexibility index (Phi) is 7.62. The number of nitrogens with zero attached hydrogens (tertiary/aromatic N) is 3. The number of rotatable bonds is 3. The van der Waals surface area contributed by atoms with Crippen LogP contribution in [0, 0.1) is 0 Å². The maximum Gasteiger partial charge on any atom is 0.0541 e. The molecule has 0 fully saturated rings. The van der Waals surface area contributed by atoms with E-state index in [2.05, 4.69) is 178 Å². The minimum absolute atomic E-state index is 0.349. The normalized spacial score (nSPS) is 18.6. The van der Waals surface area contributed by atoms with Gasteiger partial charge in [0.25, 0.3) is 0 Å². The van der Waals surface area contributed by atoms with Gasteiger partial charge in [0.05, 0.1) is 16.7 Å². The molecule has 6 aromatic carbocycles. The molecule has 2 atom stereocenters. The quantitative estimate of drug-likeness (QED) is 0.189. The van der Waals surface area contributed by atoms with E-state index in [0.29, 0.717) is 12.0 Å². The Morgan fingerprint density at radius 1 is 0.560 bits per heavy atom. The molecule has 0 saturated heterocycles. The summed E-state index contributed by atoms with van der Waals surface area (Å²) in [5.74, 6) is 0.415. The van der Waals surface area contributed by atoms with Crippen LogP contribution in [0.3, 0.4) is 0 Å². The van der Waals surface area contributed by atoms with Crippen molar-refractivity contribution in [1.29, 1.82) is 0 Å². The lowest BCUT2D eigenvalue weighted by atomic mass is 9.82. The van der Waals surface area contributed by atoms with E-state index in [1.54, 1.807) is 0 Å². The molecule has 2 bridgehead atoms. The summed E-state index contributed by atoms with van der Waals surface area (Å²) in [6.45, 7) is 4.82. The molecule has 3 nitrogen and oxygen atoms in total. The zero-order valence-corrected chi connectivity index (χ0v) is 28.7. The molecule has 2 unspecified atom stereocenters. The van der Waals surface area contributed by atoms with Gasteiger partial charge in [0.1, 0.15) is 0 Å². The van der Waals surface area contributed by atoms with Gasteiger partial charge >= 0.3 is 0 Å². The maximum absolute atomic E-state index is 2.64. The second kappa shape index (κ2) is 12.6. The summed E-state index contributed by atoms with van der Waals surface area (Å²) >= 11 is 0. The molecule has 2 aliphatic heterocycles. The van der Waals surface area contributed by atoms with Gasteiger partial charge in [0, 0.05) is 57.6 Å². The molecule has 0 amide bonds. The van der Waals surface area contributed by atoms with Gasteiger partial charge in [-0.2, -0.15) is 0 Å². The molecular formula is C47H41N3. The van der Waals surface area contributed by atoms with Gasteiger partial charge in [0.2, 0.25) is 0 Å². The topological polar surface area (TPSA) is 11.4 Å². The molecule has 0 radical (unpaired) electrons. The summed E-state index contributed by atoms with van der Waals surface area (Å²) < 4.78 is 2.47. The first kappa shape index (κ1) is 30.3. The molecule has 3 heterocycles. The van der Waals surface area contributed by atoms with Gasteiger partial charge in [-0.3, -0.25) is 0 Å². The minimum Gasteiger partial charge on any atom is -0.338 e. The van der Waals surface area contributed by atoms with Gasteiger partial charge in [-0.05, 0) is 72.0 Å². The fourth-order valence-electron chi connectivity index (χ4n) is 8.54. The van der Waals surface area contributed by atoms with E-state index >= 15 is 0 Å². The van der Waals surface area contributed by atoms with Gasteiger partial charge < -0.3 is 14.4 Å². The first-order chi connectivity index (χ1) is 24.8. The maximum atomic E-state index is 2.64. The number of hydrogen-bond donors (Lipinski definition) is 0. The van der Waals surface area contributed by atoms with Crippen molar-refractivity contribution in [1.82, 2.24) is 4.57 Å². The summed E-state index contributed by atoms with van der Waals surface area (Å²) in [4.78, 5) is 5.16. The van der Waals surface area contributed by atoms with Crippen LogP contribution < -0.4 is 9.80 Å². The highest BCUT2D eigenvalue weighted by atomic mass is 15.2. The van der Waals surface area contributed by atoms with E-state index in [0.717, 1.165) is 19.4 Å². The molecule has 1 aliphatic carbocycles. The highest BCUT2D eigenvalue weighted by Crippen LogP contribution is 2.48. The number of hydrogen-bond acceptors (Lipinski definition) is 2. The second-order valence-electron chi connectivity index (χ2n) is 13.3. The van der Waals surface area contributed by atoms with E-state index in [9.17, 15) is 0 Å². The highest BCUT2D eigenvalue weighted by Gasteiger charge is 2.33. The molecule has 0 spiro atoms. The Bertz CT molecular complexity index is 2370. The zero-order chi connectivity index (χ0) is 33.6. The average Bonchev–Trinajstić information content (AvgIpc) is 3.51. The Balaban J connectivity index is 0.00000165. The summed E-state index contributed by atoms with van der Waals surface area (Å²) in [6.07, 6.45) is 11.3. The molecule has 244 valence electrons. The smallest absolute Gasteiger partial charge is 0.0541 e. The van der Waals surface area contributed by atoms with Crippen LogP contribution in [-0.4, -0.2) is 10.6 Å². The predicted octanol–water partition coefficient (Wildman–Crippen LogP) is 12.6. The van der Waals surface area contributed by atoms with Crippen molar-refractivity contribution >= 4 is 44.6 Å². The van der Waals surface area contributed by atoms with Gasteiger partial charge in [-0.15, -0.1) is 0 Å². The van der Waals surface area contributed by atoms with Crippen molar-refractivity contribution in [3.05, 3.63) is 175 Å². The third-order valence-electron chi connectivity index (χ3n) is 10.6. The number of benzene rings is 6. The highest BCUT2D eigenvalue weighted by molar-refractivity contribution is 6.09. The Hall–Kier alpha value is -5.80. The van der Waals surface area contributed by atoms with Gasteiger partial charge in [-0.1, -0.05) is 135 Å². The standard InChI is InChI=1S/C45H35N3.C2H6/c1-2-14-31-26-33(16-3-1)47(43-23-11-6-18-38(31)43)35-27-34(46-30-32-15-4-5-17-37(32)39-19-7-10-22-42(39)46)28-36(29-35)48-44-24-12-8-20-40(44)41-21-9-13-25-45(41)48;1-2/h1-15,17-25,27-29,31,33H,16,26,30H2;1-2H3/b3-1-,14-2-;. The largest absolute Gasteiger partial charge is 0.338 e. The van der Waals surface area contributed by atoms with Crippen molar-refractivity contribution in [2.45, 2.75) is 45.2 Å². The first-order valence-corrected chi connectivity index (χ1v) is 18.1. The SMILES string of the molecule is C1=C\CC2CC(\C=C/1)c1ccccc1N2c1cc(N2Cc3ccccc3-c3ccccc32)cc(-n2c3ccccc3c3ccccc32)c1.CC. The summed E-state index contributed by atoms with van der Waals surface area (Å²) in [5, 5.41) is 2.56. The van der Waals surface area contributed by atoms with Crippen molar-refractivity contribution in [2.24, 2.45) is 0 Å². The van der Waals surface area contributed by atoms with Crippen LogP contribution in [0.1, 0.15) is 43.7 Å². The van der Waals surface area contributed by atoms with E-state index in [4.69, 9.17) is 0 Å². The fraction of sp³-hybridized carbons (Fsp3) is 0.149. The molecule has 3 aliphatic rings. The lowest BCUT2D eigenvalue weighted by Crippen LogP contribution is -2.37. The number of para-hydroxylation sites is 4. The van der Waals surface area contributed by atoms with E-state index in [1.165, 1.54) is 72.5 Å². The Morgan fingerprint density at radius 3 is 1.98 bits per heavy atom.